The molecule has 1 saturated heterocycles. The van der Waals surface area contributed by atoms with Crippen LogP contribution in [0.3, 0.4) is 0 Å². The number of nitrogens with zero attached hydrogens (tertiary/aromatic N) is 4. The van der Waals surface area contributed by atoms with Gasteiger partial charge in [0.05, 0.1) is 6.54 Å². The smallest absolute Gasteiger partial charge is 0.240 e. The molecule has 0 aliphatic carbocycles. The van der Waals surface area contributed by atoms with Crippen LogP contribution in [0.4, 0.5) is 0 Å². The Morgan fingerprint density at radius 1 is 1.16 bits per heavy atom. The molecule has 1 N–H and O–H groups in total. The fourth-order valence-corrected chi connectivity index (χ4v) is 2.98. The lowest BCUT2D eigenvalue weighted by atomic mass is 10.2. The number of piperazine rings is 1. The number of ether oxygens (including phenoxy) is 1. The summed E-state index contributed by atoms with van der Waals surface area (Å²) >= 11 is 0. The van der Waals surface area contributed by atoms with Gasteiger partial charge in [0.1, 0.15) is 18.5 Å². The molecule has 1 atom stereocenters. The van der Waals surface area contributed by atoms with Gasteiger partial charge in [0.2, 0.25) is 5.89 Å². The van der Waals surface area contributed by atoms with Crippen LogP contribution >= 0.6 is 0 Å². The van der Waals surface area contributed by atoms with Crippen LogP contribution in [-0.2, 0) is 6.54 Å². The third-order valence-corrected chi connectivity index (χ3v) is 4.39. The second kappa shape index (κ2) is 8.42. The Morgan fingerprint density at radius 2 is 1.88 bits per heavy atom. The summed E-state index contributed by atoms with van der Waals surface area (Å²) in [6.45, 7) is 9.12. The van der Waals surface area contributed by atoms with Crippen molar-refractivity contribution in [1.82, 2.24) is 19.9 Å². The maximum absolute atomic E-state index is 10.2. The van der Waals surface area contributed by atoms with Gasteiger partial charge in [0.15, 0.2) is 5.82 Å². The van der Waals surface area contributed by atoms with Gasteiger partial charge in [-0.15, -0.1) is 0 Å². The molecule has 1 aromatic carbocycles. The summed E-state index contributed by atoms with van der Waals surface area (Å²) in [6.07, 6.45) is -0.496. The van der Waals surface area contributed by atoms with Gasteiger partial charge in [-0.05, 0) is 25.5 Å². The molecular weight excluding hydrogens is 320 g/mol. The van der Waals surface area contributed by atoms with Gasteiger partial charge in [-0.3, -0.25) is 9.80 Å². The molecule has 7 nitrogen and oxygen atoms in total. The lowest BCUT2D eigenvalue weighted by Crippen LogP contribution is -2.48. The molecular formula is C18H26N4O3. The summed E-state index contributed by atoms with van der Waals surface area (Å²) in [7, 11) is 0. The number of para-hydroxylation sites is 1. The first-order valence-electron chi connectivity index (χ1n) is 8.70. The molecule has 0 radical (unpaired) electrons. The van der Waals surface area contributed by atoms with Gasteiger partial charge >= 0.3 is 0 Å². The largest absolute Gasteiger partial charge is 0.491 e. The number of rotatable bonds is 7. The molecule has 1 aliphatic heterocycles. The van der Waals surface area contributed by atoms with Crippen LogP contribution < -0.4 is 4.74 Å². The molecule has 2 aromatic rings. The number of β-amino-alcohol motifs (C(OH)–C–C–N with tert-alkyl or cyclic N) is 1. The standard InChI is InChI=1S/C18H26N4O3/c1-14-5-3-4-6-17(14)24-13-16(23)11-21-7-9-22(10-8-21)12-18-19-15(2)20-25-18/h3-6,16,23H,7-13H2,1-2H3. The maximum atomic E-state index is 10.2. The van der Waals surface area contributed by atoms with Crippen molar-refractivity contribution in [3.05, 3.63) is 41.5 Å². The average Bonchev–Trinajstić information content (AvgIpc) is 3.01. The van der Waals surface area contributed by atoms with E-state index in [1.54, 1.807) is 0 Å². The minimum Gasteiger partial charge on any atom is -0.491 e. The molecule has 1 fully saturated rings. The Balaban J connectivity index is 1.37. The maximum Gasteiger partial charge on any atom is 0.240 e. The summed E-state index contributed by atoms with van der Waals surface area (Å²) in [6, 6.07) is 7.86. The highest BCUT2D eigenvalue weighted by atomic mass is 16.5. The lowest BCUT2D eigenvalue weighted by molar-refractivity contribution is 0.0425. The fourth-order valence-electron chi connectivity index (χ4n) is 2.98. The van der Waals surface area contributed by atoms with E-state index in [2.05, 4.69) is 19.9 Å². The van der Waals surface area contributed by atoms with Crippen LogP contribution in [0.2, 0.25) is 0 Å². The zero-order chi connectivity index (χ0) is 17.6. The summed E-state index contributed by atoms with van der Waals surface area (Å²) in [5.74, 6) is 2.17. The van der Waals surface area contributed by atoms with Gasteiger partial charge in [-0.2, -0.15) is 4.98 Å². The second-order valence-electron chi connectivity index (χ2n) is 6.54. The average molecular weight is 346 g/mol. The zero-order valence-electron chi connectivity index (χ0n) is 14.9. The molecule has 3 rings (SSSR count). The highest BCUT2D eigenvalue weighted by Crippen LogP contribution is 2.16. The number of aliphatic hydroxyl groups is 1. The molecule has 2 heterocycles. The van der Waals surface area contributed by atoms with Crippen molar-refractivity contribution in [2.75, 3.05) is 39.3 Å². The topological polar surface area (TPSA) is 74.9 Å². The first-order valence-corrected chi connectivity index (χ1v) is 8.70. The van der Waals surface area contributed by atoms with Crippen molar-refractivity contribution in [2.24, 2.45) is 0 Å². The molecule has 0 amide bonds. The summed E-state index contributed by atoms with van der Waals surface area (Å²) in [5.41, 5.74) is 1.08. The van der Waals surface area contributed by atoms with Crippen molar-refractivity contribution in [2.45, 2.75) is 26.5 Å². The first kappa shape index (κ1) is 17.8. The fraction of sp³-hybridized carbons (Fsp3) is 0.556. The number of hydrogen-bond donors (Lipinski definition) is 1. The normalized spacial score (nSPS) is 17.6. The van der Waals surface area contributed by atoms with Crippen molar-refractivity contribution < 1.29 is 14.4 Å². The van der Waals surface area contributed by atoms with Gasteiger partial charge < -0.3 is 14.4 Å². The predicted molar refractivity (Wildman–Crippen MR) is 93.4 cm³/mol. The lowest BCUT2D eigenvalue weighted by Gasteiger charge is -2.34. The highest BCUT2D eigenvalue weighted by molar-refractivity contribution is 5.31. The molecule has 1 aliphatic rings. The third kappa shape index (κ3) is 5.26. The third-order valence-electron chi connectivity index (χ3n) is 4.39. The van der Waals surface area contributed by atoms with Crippen LogP contribution in [0.25, 0.3) is 0 Å². The number of hydrogen-bond acceptors (Lipinski definition) is 7. The molecule has 0 bridgehead atoms. The van der Waals surface area contributed by atoms with Gasteiger partial charge in [0, 0.05) is 32.7 Å². The number of aromatic nitrogens is 2. The van der Waals surface area contributed by atoms with E-state index in [1.807, 2.05) is 38.1 Å². The number of benzene rings is 1. The Hall–Kier alpha value is -1.96. The zero-order valence-corrected chi connectivity index (χ0v) is 14.9. The van der Waals surface area contributed by atoms with Gasteiger partial charge in [0.25, 0.3) is 0 Å². The SMILES string of the molecule is Cc1noc(CN2CCN(CC(O)COc3ccccc3C)CC2)n1. The van der Waals surface area contributed by atoms with Gasteiger partial charge in [-0.1, -0.05) is 23.4 Å². The first-order chi connectivity index (χ1) is 12.1. The second-order valence-corrected chi connectivity index (χ2v) is 6.54. The van der Waals surface area contributed by atoms with Crippen LogP contribution in [0.15, 0.2) is 28.8 Å². The Labute approximate surface area is 148 Å². The van der Waals surface area contributed by atoms with E-state index >= 15 is 0 Å². The van der Waals surface area contributed by atoms with Crippen molar-refractivity contribution in [3.8, 4) is 5.75 Å². The molecule has 25 heavy (non-hydrogen) atoms. The van der Waals surface area contributed by atoms with E-state index in [0.717, 1.165) is 37.5 Å². The quantitative estimate of drug-likeness (QED) is 0.808. The number of aryl methyl sites for hydroxylation is 2. The molecule has 1 unspecified atom stereocenters. The molecule has 136 valence electrons. The van der Waals surface area contributed by atoms with Crippen molar-refractivity contribution in [1.29, 1.82) is 0 Å². The minimum absolute atomic E-state index is 0.312. The Bertz CT molecular complexity index is 668. The molecule has 0 saturated carbocycles. The Morgan fingerprint density at radius 3 is 2.56 bits per heavy atom. The monoisotopic (exact) mass is 346 g/mol. The molecule has 1 aromatic heterocycles. The van der Waals surface area contributed by atoms with Crippen molar-refractivity contribution >= 4 is 0 Å². The van der Waals surface area contributed by atoms with Crippen LogP contribution in [-0.4, -0.2) is 70.5 Å². The van der Waals surface area contributed by atoms with E-state index < -0.39 is 6.10 Å². The van der Waals surface area contributed by atoms with Crippen LogP contribution in [0.5, 0.6) is 5.75 Å². The predicted octanol–water partition coefficient (Wildman–Crippen LogP) is 1.24. The summed E-state index contributed by atoms with van der Waals surface area (Å²) in [5, 5.41) is 14.1. The Kier molecular flexibility index (Phi) is 6.01. The highest BCUT2D eigenvalue weighted by Gasteiger charge is 2.21. The number of aliphatic hydroxyl groups excluding tert-OH is 1. The molecule has 0 spiro atoms. The van der Waals surface area contributed by atoms with E-state index in [4.69, 9.17) is 9.26 Å². The minimum atomic E-state index is -0.496. The summed E-state index contributed by atoms with van der Waals surface area (Å²) < 4.78 is 10.9. The van der Waals surface area contributed by atoms with E-state index in [1.165, 1.54) is 0 Å². The van der Waals surface area contributed by atoms with Crippen LogP contribution in [0.1, 0.15) is 17.3 Å². The van der Waals surface area contributed by atoms with Crippen LogP contribution in [0, 0.1) is 13.8 Å². The summed E-state index contributed by atoms with van der Waals surface area (Å²) in [4.78, 5) is 8.80. The van der Waals surface area contributed by atoms with Gasteiger partial charge in [-0.25, -0.2) is 0 Å². The molecule has 7 heteroatoms. The van der Waals surface area contributed by atoms with E-state index in [0.29, 0.717) is 31.4 Å². The van der Waals surface area contributed by atoms with E-state index in [-0.39, 0.29) is 0 Å². The van der Waals surface area contributed by atoms with E-state index in [9.17, 15) is 5.11 Å². The van der Waals surface area contributed by atoms with Crippen molar-refractivity contribution in [3.63, 3.8) is 0 Å².